The van der Waals surface area contributed by atoms with Crippen molar-refractivity contribution >= 4 is 39.6 Å². The number of nitrogens with zero attached hydrogens (tertiary/aromatic N) is 7. The Balaban J connectivity index is 1.50. The minimum absolute atomic E-state index is 0.0203. The van der Waals surface area contributed by atoms with Crippen LogP contribution in [0.5, 0.6) is 0 Å². The van der Waals surface area contributed by atoms with Gasteiger partial charge in [0.25, 0.3) is 0 Å². The molecule has 0 saturated carbocycles. The molecule has 0 bridgehead atoms. The van der Waals surface area contributed by atoms with E-state index in [9.17, 15) is 4.79 Å². The number of aromatic nitrogens is 5. The Morgan fingerprint density at radius 3 is 2.50 bits per heavy atom. The summed E-state index contributed by atoms with van der Waals surface area (Å²) in [6.07, 6.45) is 3.72. The molecule has 4 aromatic rings. The van der Waals surface area contributed by atoms with Crippen LogP contribution in [0.25, 0.3) is 21.9 Å². The maximum Gasteiger partial charge on any atom is 0.228 e. The quantitative estimate of drug-likeness (QED) is 0.486. The molecule has 1 unspecified atom stereocenters. The second-order valence-electron chi connectivity index (χ2n) is 9.11. The van der Waals surface area contributed by atoms with E-state index in [0.29, 0.717) is 32.1 Å². The predicted molar refractivity (Wildman–Crippen MR) is 134 cm³/mol. The summed E-state index contributed by atoms with van der Waals surface area (Å²) in [6, 6.07) is 10.4. The van der Waals surface area contributed by atoms with Gasteiger partial charge in [-0.15, -0.1) is 0 Å². The highest BCUT2D eigenvalue weighted by Crippen LogP contribution is 2.29. The van der Waals surface area contributed by atoms with Crippen LogP contribution in [0.4, 0.5) is 11.8 Å². The van der Waals surface area contributed by atoms with Gasteiger partial charge >= 0.3 is 0 Å². The summed E-state index contributed by atoms with van der Waals surface area (Å²) >= 11 is 0. The van der Waals surface area contributed by atoms with Crippen LogP contribution < -0.4 is 10.2 Å². The minimum Gasteiger partial charge on any atom is -0.362 e. The first-order valence-electron chi connectivity index (χ1n) is 11.8. The number of carbonyl (C=O) groups excluding carboxylic acids is 1. The lowest BCUT2D eigenvalue weighted by atomic mass is 10.1. The second kappa shape index (κ2) is 8.89. The fourth-order valence-electron chi connectivity index (χ4n) is 4.42. The zero-order valence-electron chi connectivity index (χ0n) is 20.1. The van der Waals surface area contributed by atoms with Gasteiger partial charge < -0.3 is 15.1 Å². The topological polar surface area (TPSA) is 92.1 Å². The zero-order chi connectivity index (χ0) is 23.8. The SMILES string of the molecule is CC(=O)N1CCN(c2nc(NC(C)c3cnc4ccccc4c3)c3c(cnn3C(C)C)n2)CC1. The molecule has 0 aliphatic carbocycles. The van der Waals surface area contributed by atoms with Crippen LogP contribution in [-0.2, 0) is 4.79 Å². The molecule has 1 amide bonds. The average molecular weight is 459 g/mol. The number of anilines is 2. The van der Waals surface area contributed by atoms with Crippen molar-refractivity contribution in [1.82, 2.24) is 29.6 Å². The highest BCUT2D eigenvalue weighted by Gasteiger charge is 2.24. The van der Waals surface area contributed by atoms with Gasteiger partial charge in [0, 0.05) is 50.7 Å². The molecule has 1 saturated heterocycles. The Hall–Kier alpha value is -3.75. The van der Waals surface area contributed by atoms with Crippen LogP contribution >= 0.6 is 0 Å². The average Bonchev–Trinajstić information content (AvgIpc) is 3.28. The van der Waals surface area contributed by atoms with Gasteiger partial charge in [0.05, 0.1) is 17.8 Å². The van der Waals surface area contributed by atoms with Crippen LogP contribution in [0.3, 0.4) is 0 Å². The molecule has 1 N–H and O–H groups in total. The molecule has 176 valence electrons. The largest absolute Gasteiger partial charge is 0.362 e. The van der Waals surface area contributed by atoms with E-state index in [1.807, 2.05) is 34.0 Å². The Morgan fingerprint density at radius 2 is 1.76 bits per heavy atom. The first kappa shape index (κ1) is 22.1. The second-order valence-corrected chi connectivity index (χ2v) is 9.11. The van der Waals surface area contributed by atoms with Crippen LogP contribution in [0.15, 0.2) is 42.7 Å². The number of carbonyl (C=O) groups is 1. The molecule has 4 heterocycles. The molecule has 9 heteroatoms. The predicted octanol–water partition coefficient (Wildman–Crippen LogP) is 3.80. The Bertz CT molecular complexity index is 1340. The summed E-state index contributed by atoms with van der Waals surface area (Å²) in [5, 5.41) is 9.31. The number of hydrogen-bond donors (Lipinski definition) is 1. The minimum atomic E-state index is -0.0203. The molecule has 0 spiro atoms. The van der Waals surface area contributed by atoms with E-state index in [1.54, 1.807) is 13.1 Å². The normalized spacial score (nSPS) is 15.3. The molecule has 0 radical (unpaired) electrons. The summed E-state index contributed by atoms with van der Waals surface area (Å²) in [4.78, 5) is 30.1. The maximum atomic E-state index is 11.7. The maximum absolute atomic E-state index is 11.7. The van der Waals surface area contributed by atoms with E-state index in [2.05, 4.69) is 53.2 Å². The molecule has 3 aromatic heterocycles. The van der Waals surface area contributed by atoms with Crippen LogP contribution in [0.2, 0.25) is 0 Å². The Morgan fingerprint density at radius 1 is 1.00 bits per heavy atom. The van der Waals surface area contributed by atoms with Crippen LogP contribution in [0.1, 0.15) is 45.3 Å². The van der Waals surface area contributed by atoms with Gasteiger partial charge in [0.1, 0.15) is 11.0 Å². The van der Waals surface area contributed by atoms with Crippen molar-refractivity contribution in [2.75, 3.05) is 36.4 Å². The van der Waals surface area contributed by atoms with Gasteiger partial charge in [-0.05, 0) is 38.5 Å². The highest BCUT2D eigenvalue weighted by molar-refractivity contribution is 5.87. The molecule has 5 rings (SSSR count). The van der Waals surface area contributed by atoms with Crippen molar-refractivity contribution in [3.63, 3.8) is 0 Å². The third kappa shape index (κ3) is 4.13. The smallest absolute Gasteiger partial charge is 0.228 e. The Labute approximate surface area is 198 Å². The lowest BCUT2D eigenvalue weighted by Crippen LogP contribution is -2.48. The molecule has 1 atom stereocenters. The Kier molecular flexibility index (Phi) is 5.77. The molecule has 1 aliphatic heterocycles. The third-order valence-corrected chi connectivity index (χ3v) is 6.39. The van der Waals surface area contributed by atoms with Crippen molar-refractivity contribution in [2.45, 2.75) is 39.8 Å². The number of amides is 1. The van der Waals surface area contributed by atoms with E-state index < -0.39 is 0 Å². The van der Waals surface area contributed by atoms with E-state index >= 15 is 0 Å². The summed E-state index contributed by atoms with van der Waals surface area (Å²) in [6.45, 7) is 10.7. The van der Waals surface area contributed by atoms with Gasteiger partial charge in [-0.1, -0.05) is 18.2 Å². The van der Waals surface area contributed by atoms with Crippen LogP contribution in [-0.4, -0.2) is 61.7 Å². The zero-order valence-corrected chi connectivity index (χ0v) is 20.1. The summed E-state index contributed by atoms with van der Waals surface area (Å²) < 4.78 is 1.96. The van der Waals surface area contributed by atoms with Crippen molar-refractivity contribution in [3.05, 3.63) is 48.3 Å². The first-order valence-corrected chi connectivity index (χ1v) is 11.8. The molecule has 34 heavy (non-hydrogen) atoms. The van der Waals surface area contributed by atoms with Gasteiger partial charge in [0.15, 0.2) is 5.82 Å². The number of piperazine rings is 1. The van der Waals surface area contributed by atoms with Gasteiger partial charge in [0.2, 0.25) is 11.9 Å². The highest BCUT2D eigenvalue weighted by atomic mass is 16.2. The van der Waals surface area contributed by atoms with Crippen molar-refractivity contribution in [2.24, 2.45) is 0 Å². The lowest BCUT2D eigenvalue weighted by molar-refractivity contribution is -0.129. The fourth-order valence-corrected chi connectivity index (χ4v) is 4.42. The number of rotatable bonds is 5. The number of para-hydroxylation sites is 1. The standard InChI is InChI=1S/C25H30N8O/c1-16(2)33-23-22(15-27-33)29-25(32-11-9-31(10-12-32)18(4)34)30-24(23)28-17(3)20-13-19-7-5-6-8-21(19)26-14-20/h5-8,13-17H,9-12H2,1-4H3,(H,28,29,30). The number of benzene rings is 1. The third-order valence-electron chi connectivity index (χ3n) is 6.39. The van der Waals surface area contributed by atoms with Crippen molar-refractivity contribution in [3.8, 4) is 0 Å². The number of fused-ring (bicyclic) bond motifs is 2. The number of nitrogens with one attached hydrogen (secondary N) is 1. The molecular formula is C25H30N8O. The monoisotopic (exact) mass is 458 g/mol. The van der Waals surface area contributed by atoms with Crippen LogP contribution in [0, 0.1) is 0 Å². The van der Waals surface area contributed by atoms with Crippen molar-refractivity contribution < 1.29 is 4.79 Å². The molecule has 1 fully saturated rings. The van der Waals surface area contributed by atoms with Gasteiger partial charge in [-0.2, -0.15) is 10.1 Å². The van der Waals surface area contributed by atoms with E-state index in [-0.39, 0.29) is 18.0 Å². The fraction of sp³-hybridized carbons (Fsp3) is 0.400. The molecule has 9 nitrogen and oxygen atoms in total. The summed E-state index contributed by atoms with van der Waals surface area (Å²) in [7, 11) is 0. The summed E-state index contributed by atoms with van der Waals surface area (Å²) in [5.41, 5.74) is 3.76. The van der Waals surface area contributed by atoms with E-state index in [1.165, 1.54) is 0 Å². The van der Waals surface area contributed by atoms with E-state index in [0.717, 1.165) is 33.3 Å². The van der Waals surface area contributed by atoms with Gasteiger partial charge in [-0.3, -0.25) is 14.5 Å². The molecule has 1 aliphatic rings. The molecular weight excluding hydrogens is 428 g/mol. The number of hydrogen-bond acceptors (Lipinski definition) is 7. The number of pyridine rings is 1. The first-order chi connectivity index (χ1) is 16.4. The van der Waals surface area contributed by atoms with Crippen molar-refractivity contribution in [1.29, 1.82) is 0 Å². The van der Waals surface area contributed by atoms with Gasteiger partial charge in [-0.25, -0.2) is 4.98 Å². The molecule has 1 aromatic carbocycles. The lowest BCUT2D eigenvalue weighted by Gasteiger charge is -2.34. The summed E-state index contributed by atoms with van der Waals surface area (Å²) in [5.74, 6) is 1.51. The van der Waals surface area contributed by atoms with E-state index in [4.69, 9.17) is 9.97 Å².